The molecular weight excluding hydrogens is 379 g/mol. The summed E-state index contributed by atoms with van der Waals surface area (Å²) in [5.74, 6) is -0.217. The van der Waals surface area contributed by atoms with E-state index < -0.39 is 17.7 Å². The molecule has 134 valence electrons. The number of thioether (sulfide) groups is 1. The van der Waals surface area contributed by atoms with Crippen molar-refractivity contribution in [3.05, 3.63) is 41.0 Å². The fourth-order valence-corrected chi connectivity index (χ4v) is 2.66. The Bertz CT molecular complexity index is 759. The highest BCUT2D eigenvalue weighted by atomic mass is 35.5. The van der Waals surface area contributed by atoms with Crippen molar-refractivity contribution in [3.63, 3.8) is 0 Å². The van der Waals surface area contributed by atoms with Gasteiger partial charge in [0.1, 0.15) is 11.0 Å². The van der Waals surface area contributed by atoms with Crippen molar-refractivity contribution in [2.75, 3.05) is 17.7 Å². The number of aromatic nitrogens is 2. The molecule has 0 amide bonds. The lowest BCUT2D eigenvalue weighted by Crippen LogP contribution is -2.07. The van der Waals surface area contributed by atoms with E-state index in [2.05, 4.69) is 15.3 Å². The van der Waals surface area contributed by atoms with Crippen LogP contribution in [0.2, 0.25) is 5.15 Å². The lowest BCUT2D eigenvalue weighted by atomic mass is 10.2. The molecule has 25 heavy (non-hydrogen) atoms. The van der Waals surface area contributed by atoms with Gasteiger partial charge in [-0.1, -0.05) is 29.4 Å². The lowest BCUT2D eigenvalue weighted by Gasteiger charge is -2.11. The minimum atomic E-state index is -4.44. The largest absolute Gasteiger partial charge is 0.465 e. The summed E-state index contributed by atoms with van der Waals surface area (Å²) in [6.07, 6.45) is -4.44. The number of esters is 1. The standard InChI is InChI=1S/C15H13ClF3N3O2S/c1-2-24-13(23)8-25-14-21-11(16)7-12(22-14)20-10-5-3-4-9(6-10)15(17,18)19/h3-7H,2,8H2,1H3,(H,20,21,22). The molecule has 1 aromatic carbocycles. The Morgan fingerprint density at radius 1 is 1.32 bits per heavy atom. The number of carbonyl (C=O) groups is 1. The Hall–Kier alpha value is -2.00. The molecule has 0 aliphatic rings. The number of halogens is 4. The van der Waals surface area contributed by atoms with Crippen molar-refractivity contribution in [3.8, 4) is 0 Å². The Labute approximate surface area is 151 Å². The van der Waals surface area contributed by atoms with Gasteiger partial charge in [-0.05, 0) is 25.1 Å². The first-order valence-electron chi connectivity index (χ1n) is 7.05. The summed E-state index contributed by atoms with van der Waals surface area (Å²) in [4.78, 5) is 19.4. The minimum Gasteiger partial charge on any atom is -0.465 e. The van der Waals surface area contributed by atoms with Gasteiger partial charge in [0, 0.05) is 11.8 Å². The average Bonchev–Trinajstić information content (AvgIpc) is 2.52. The molecule has 0 aliphatic heterocycles. The van der Waals surface area contributed by atoms with Gasteiger partial charge in [-0.2, -0.15) is 13.2 Å². The highest BCUT2D eigenvalue weighted by Crippen LogP contribution is 2.31. The van der Waals surface area contributed by atoms with Gasteiger partial charge in [0.2, 0.25) is 0 Å². The summed E-state index contributed by atoms with van der Waals surface area (Å²) >= 11 is 6.91. The number of alkyl halides is 3. The van der Waals surface area contributed by atoms with Crippen LogP contribution in [-0.2, 0) is 15.7 Å². The fourth-order valence-electron chi connectivity index (χ4n) is 1.77. The van der Waals surface area contributed by atoms with Gasteiger partial charge in [-0.3, -0.25) is 4.79 Å². The van der Waals surface area contributed by atoms with Crippen LogP contribution in [0, 0.1) is 0 Å². The molecule has 0 saturated heterocycles. The smallest absolute Gasteiger partial charge is 0.416 e. The van der Waals surface area contributed by atoms with E-state index in [1.54, 1.807) is 6.92 Å². The number of ether oxygens (including phenoxy) is 1. The number of carbonyl (C=O) groups excluding carboxylic acids is 1. The SMILES string of the molecule is CCOC(=O)CSc1nc(Cl)cc(Nc2cccc(C(F)(F)F)c2)n1. The van der Waals surface area contributed by atoms with E-state index in [9.17, 15) is 18.0 Å². The van der Waals surface area contributed by atoms with Crippen LogP contribution in [0.15, 0.2) is 35.5 Å². The number of rotatable bonds is 6. The molecule has 1 N–H and O–H groups in total. The maximum Gasteiger partial charge on any atom is 0.416 e. The van der Waals surface area contributed by atoms with Gasteiger partial charge in [0.15, 0.2) is 5.16 Å². The third-order valence-corrected chi connectivity index (χ3v) is 3.78. The molecule has 0 fully saturated rings. The van der Waals surface area contributed by atoms with Crippen molar-refractivity contribution in [1.29, 1.82) is 0 Å². The zero-order valence-corrected chi connectivity index (χ0v) is 14.5. The normalized spacial score (nSPS) is 11.2. The monoisotopic (exact) mass is 391 g/mol. The quantitative estimate of drug-likeness (QED) is 0.337. The molecule has 0 bridgehead atoms. The summed E-state index contributed by atoms with van der Waals surface area (Å²) in [6.45, 7) is 1.95. The van der Waals surface area contributed by atoms with Gasteiger partial charge >= 0.3 is 12.1 Å². The molecule has 0 unspecified atom stereocenters. The minimum absolute atomic E-state index is 0.00280. The summed E-state index contributed by atoms with van der Waals surface area (Å²) in [7, 11) is 0. The van der Waals surface area contributed by atoms with E-state index in [1.807, 2.05) is 0 Å². The molecule has 0 saturated carbocycles. The maximum absolute atomic E-state index is 12.8. The first-order chi connectivity index (χ1) is 11.8. The first kappa shape index (κ1) is 19.3. The molecule has 0 atom stereocenters. The summed E-state index contributed by atoms with van der Waals surface area (Å²) in [5, 5.41) is 3.04. The van der Waals surface area contributed by atoms with E-state index in [1.165, 1.54) is 18.2 Å². The second-order valence-corrected chi connectivity index (χ2v) is 5.99. The molecule has 10 heteroatoms. The van der Waals surface area contributed by atoms with E-state index in [4.69, 9.17) is 16.3 Å². The van der Waals surface area contributed by atoms with E-state index in [0.717, 1.165) is 23.9 Å². The van der Waals surface area contributed by atoms with Gasteiger partial charge in [0.05, 0.1) is 17.9 Å². The summed E-state index contributed by atoms with van der Waals surface area (Å²) in [6, 6.07) is 6.05. The molecular formula is C15H13ClF3N3O2S. The summed E-state index contributed by atoms with van der Waals surface area (Å²) < 4.78 is 43.1. The van der Waals surface area contributed by atoms with E-state index >= 15 is 0 Å². The molecule has 0 radical (unpaired) electrons. The van der Waals surface area contributed by atoms with Crippen LogP contribution in [-0.4, -0.2) is 28.3 Å². The first-order valence-corrected chi connectivity index (χ1v) is 8.41. The number of hydrogen-bond acceptors (Lipinski definition) is 6. The molecule has 0 aliphatic carbocycles. The van der Waals surface area contributed by atoms with Gasteiger partial charge < -0.3 is 10.1 Å². The highest BCUT2D eigenvalue weighted by Gasteiger charge is 2.30. The van der Waals surface area contributed by atoms with Gasteiger partial charge in [0.25, 0.3) is 0 Å². The molecule has 2 aromatic rings. The number of hydrogen-bond donors (Lipinski definition) is 1. The lowest BCUT2D eigenvalue weighted by molar-refractivity contribution is -0.140. The Morgan fingerprint density at radius 2 is 2.08 bits per heavy atom. The number of benzene rings is 1. The van der Waals surface area contributed by atoms with Crippen LogP contribution in [0.25, 0.3) is 0 Å². The fraction of sp³-hybridized carbons (Fsp3) is 0.267. The highest BCUT2D eigenvalue weighted by molar-refractivity contribution is 7.99. The predicted octanol–water partition coefficient (Wildman–Crippen LogP) is 4.55. The molecule has 1 aromatic heterocycles. The third-order valence-electron chi connectivity index (χ3n) is 2.76. The zero-order valence-electron chi connectivity index (χ0n) is 12.9. The zero-order chi connectivity index (χ0) is 18.4. The Kier molecular flexibility index (Phi) is 6.49. The topological polar surface area (TPSA) is 64.1 Å². The van der Waals surface area contributed by atoms with Crippen LogP contribution in [0.4, 0.5) is 24.7 Å². The number of anilines is 2. The Balaban J connectivity index is 2.13. The van der Waals surface area contributed by atoms with Crippen LogP contribution >= 0.6 is 23.4 Å². The van der Waals surface area contributed by atoms with Crippen molar-refractivity contribution in [2.45, 2.75) is 18.3 Å². The number of nitrogens with one attached hydrogen (secondary N) is 1. The maximum atomic E-state index is 12.8. The molecule has 0 spiro atoms. The second kappa shape index (κ2) is 8.39. The van der Waals surface area contributed by atoms with Crippen LogP contribution < -0.4 is 5.32 Å². The van der Waals surface area contributed by atoms with Crippen LogP contribution in [0.3, 0.4) is 0 Å². The summed E-state index contributed by atoms with van der Waals surface area (Å²) in [5.41, 5.74) is -0.583. The van der Waals surface area contributed by atoms with Crippen molar-refractivity contribution in [1.82, 2.24) is 9.97 Å². The van der Waals surface area contributed by atoms with Crippen molar-refractivity contribution >= 4 is 40.8 Å². The molecule has 5 nitrogen and oxygen atoms in total. The average molecular weight is 392 g/mol. The van der Waals surface area contributed by atoms with E-state index in [0.29, 0.717) is 0 Å². The van der Waals surface area contributed by atoms with Crippen LogP contribution in [0.1, 0.15) is 12.5 Å². The Morgan fingerprint density at radius 3 is 2.76 bits per heavy atom. The van der Waals surface area contributed by atoms with Crippen molar-refractivity contribution < 1.29 is 22.7 Å². The van der Waals surface area contributed by atoms with E-state index in [-0.39, 0.29) is 34.2 Å². The van der Waals surface area contributed by atoms with Gasteiger partial charge in [-0.25, -0.2) is 9.97 Å². The number of nitrogens with zero attached hydrogens (tertiary/aromatic N) is 2. The molecule has 2 rings (SSSR count). The van der Waals surface area contributed by atoms with Gasteiger partial charge in [-0.15, -0.1) is 0 Å². The third kappa shape index (κ3) is 6.09. The second-order valence-electron chi connectivity index (χ2n) is 4.66. The van der Waals surface area contributed by atoms with Crippen molar-refractivity contribution in [2.24, 2.45) is 0 Å². The molecule has 1 heterocycles. The van der Waals surface area contributed by atoms with Crippen LogP contribution in [0.5, 0.6) is 0 Å². The predicted molar refractivity (Wildman–Crippen MR) is 89.1 cm³/mol.